The van der Waals surface area contributed by atoms with Crippen LogP contribution >= 0.6 is 0 Å². The fourth-order valence-corrected chi connectivity index (χ4v) is 2.89. The highest BCUT2D eigenvalue weighted by molar-refractivity contribution is 5.79. The zero-order valence-electron chi connectivity index (χ0n) is 15.7. The first kappa shape index (κ1) is 18.6. The summed E-state index contributed by atoms with van der Waals surface area (Å²) in [4.78, 5) is 8.75. The molecule has 0 aliphatic carbocycles. The van der Waals surface area contributed by atoms with Crippen molar-refractivity contribution in [3.63, 3.8) is 0 Å². The van der Waals surface area contributed by atoms with E-state index < -0.39 is 0 Å². The average molecular weight is 363 g/mol. The number of hydrogen-bond donors (Lipinski definition) is 2. The predicted molar refractivity (Wildman–Crippen MR) is 107 cm³/mol. The lowest BCUT2D eigenvalue weighted by molar-refractivity contribution is 0.376. The molecular weight excluding hydrogens is 338 g/mol. The molecule has 0 unspecified atom stereocenters. The van der Waals surface area contributed by atoms with E-state index in [1.807, 2.05) is 19.1 Å². The smallest absolute Gasteiger partial charge is 0.248 e. The van der Waals surface area contributed by atoms with Crippen LogP contribution in [0.1, 0.15) is 35.7 Å². The Labute approximate surface area is 159 Å². The molecule has 6 heteroatoms. The number of aromatic nitrogens is 2. The SMILES string of the molecule is CCNC(=NCc1nc(C)no1)NCC(c1ccccc1)c1ccccc1. The van der Waals surface area contributed by atoms with Crippen LogP contribution in [0.5, 0.6) is 0 Å². The molecule has 0 spiro atoms. The van der Waals surface area contributed by atoms with Crippen LogP contribution < -0.4 is 10.6 Å². The summed E-state index contributed by atoms with van der Waals surface area (Å²) in [5, 5.41) is 10.5. The summed E-state index contributed by atoms with van der Waals surface area (Å²) in [5.74, 6) is 2.07. The molecule has 3 rings (SSSR count). The number of aryl methyl sites for hydroxylation is 1. The van der Waals surface area contributed by atoms with Crippen LogP contribution in [0.4, 0.5) is 0 Å². The predicted octanol–water partition coefficient (Wildman–Crippen LogP) is 3.27. The van der Waals surface area contributed by atoms with Crippen LogP contribution in [0.3, 0.4) is 0 Å². The van der Waals surface area contributed by atoms with E-state index in [0.717, 1.165) is 19.0 Å². The fraction of sp³-hybridized carbons (Fsp3) is 0.286. The highest BCUT2D eigenvalue weighted by Gasteiger charge is 2.14. The van der Waals surface area contributed by atoms with Gasteiger partial charge in [0.2, 0.25) is 5.89 Å². The van der Waals surface area contributed by atoms with Crippen molar-refractivity contribution in [1.82, 2.24) is 20.8 Å². The van der Waals surface area contributed by atoms with Crippen molar-refractivity contribution in [2.45, 2.75) is 26.3 Å². The van der Waals surface area contributed by atoms with E-state index in [1.165, 1.54) is 11.1 Å². The zero-order chi connectivity index (χ0) is 18.9. The van der Waals surface area contributed by atoms with E-state index in [9.17, 15) is 0 Å². The Hall–Kier alpha value is -3.15. The average Bonchev–Trinajstić information content (AvgIpc) is 3.13. The standard InChI is InChI=1S/C21H25N5O/c1-3-22-21(24-15-20-25-16(2)26-27-20)23-14-19(17-10-6-4-7-11-17)18-12-8-5-9-13-18/h4-13,19H,3,14-15H2,1-2H3,(H2,22,23,24). The Morgan fingerprint density at radius 3 is 2.15 bits per heavy atom. The Morgan fingerprint density at radius 1 is 1.00 bits per heavy atom. The molecule has 0 aliphatic heterocycles. The van der Waals surface area contributed by atoms with Crippen LogP contribution in [0.15, 0.2) is 70.2 Å². The Bertz CT molecular complexity index is 806. The van der Waals surface area contributed by atoms with E-state index in [4.69, 9.17) is 4.52 Å². The monoisotopic (exact) mass is 363 g/mol. The van der Waals surface area contributed by atoms with Gasteiger partial charge in [0.25, 0.3) is 0 Å². The number of benzene rings is 2. The molecule has 0 saturated heterocycles. The summed E-state index contributed by atoms with van der Waals surface area (Å²) in [7, 11) is 0. The van der Waals surface area contributed by atoms with Crippen molar-refractivity contribution in [2.24, 2.45) is 4.99 Å². The number of hydrogen-bond acceptors (Lipinski definition) is 4. The molecule has 3 aromatic rings. The summed E-state index contributed by atoms with van der Waals surface area (Å²) in [5.41, 5.74) is 2.53. The number of nitrogens with zero attached hydrogens (tertiary/aromatic N) is 3. The van der Waals surface area contributed by atoms with Gasteiger partial charge in [-0.15, -0.1) is 0 Å². The van der Waals surface area contributed by atoms with Crippen molar-refractivity contribution >= 4 is 5.96 Å². The molecule has 2 aromatic carbocycles. The maximum absolute atomic E-state index is 5.13. The molecule has 0 aliphatic rings. The molecular formula is C21H25N5O. The number of rotatable bonds is 7. The van der Waals surface area contributed by atoms with Crippen LogP contribution in [0.25, 0.3) is 0 Å². The van der Waals surface area contributed by atoms with Gasteiger partial charge in [0, 0.05) is 19.0 Å². The van der Waals surface area contributed by atoms with Crippen molar-refractivity contribution < 1.29 is 4.52 Å². The minimum atomic E-state index is 0.224. The van der Waals surface area contributed by atoms with E-state index in [1.54, 1.807) is 6.92 Å². The van der Waals surface area contributed by atoms with Crippen molar-refractivity contribution in [2.75, 3.05) is 13.1 Å². The Balaban J connectivity index is 1.73. The third-order valence-electron chi connectivity index (χ3n) is 4.16. The molecule has 0 saturated carbocycles. The van der Waals surface area contributed by atoms with Crippen LogP contribution in [-0.2, 0) is 6.54 Å². The van der Waals surface area contributed by atoms with Gasteiger partial charge in [-0.3, -0.25) is 0 Å². The van der Waals surface area contributed by atoms with E-state index >= 15 is 0 Å². The second kappa shape index (κ2) is 9.52. The second-order valence-corrected chi connectivity index (χ2v) is 6.19. The Kier molecular flexibility index (Phi) is 6.57. The van der Waals surface area contributed by atoms with Crippen molar-refractivity contribution in [3.05, 3.63) is 83.5 Å². The molecule has 2 N–H and O–H groups in total. The molecule has 140 valence electrons. The van der Waals surface area contributed by atoms with E-state index in [2.05, 4.69) is 74.3 Å². The lowest BCUT2D eigenvalue weighted by Crippen LogP contribution is -2.39. The van der Waals surface area contributed by atoms with E-state index in [-0.39, 0.29) is 5.92 Å². The van der Waals surface area contributed by atoms with Crippen molar-refractivity contribution in [3.8, 4) is 0 Å². The largest absolute Gasteiger partial charge is 0.357 e. The van der Waals surface area contributed by atoms with Gasteiger partial charge in [-0.25, -0.2) is 4.99 Å². The van der Waals surface area contributed by atoms with Gasteiger partial charge >= 0.3 is 0 Å². The molecule has 0 amide bonds. The van der Waals surface area contributed by atoms with Crippen LogP contribution in [0.2, 0.25) is 0 Å². The first-order valence-electron chi connectivity index (χ1n) is 9.17. The first-order chi connectivity index (χ1) is 13.3. The molecule has 1 aromatic heterocycles. The van der Waals surface area contributed by atoms with Gasteiger partial charge in [-0.2, -0.15) is 4.98 Å². The minimum absolute atomic E-state index is 0.224. The molecule has 1 heterocycles. The van der Waals surface area contributed by atoms with Gasteiger partial charge in [0.1, 0.15) is 6.54 Å². The first-order valence-corrected chi connectivity index (χ1v) is 9.17. The minimum Gasteiger partial charge on any atom is -0.357 e. The lowest BCUT2D eigenvalue weighted by atomic mass is 9.91. The third-order valence-corrected chi connectivity index (χ3v) is 4.16. The van der Waals surface area contributed by atoms with Gasteiger partial charge in [0.05, 0.1) is 0 Å². The Morgan fingerprint density at radius 2 is 1.63 bits per heavy atom. The molecule has 0 bridgehead atoms. The molecule has 6 nitrogen and oxygen atoms in total. The summed E-state index contributed by atoms with van der Waals surface area (Å²) >= 11 is 0. The van der Waals surface area contributed by atoms with Gasteiger partial charge < -0.3 is 15.2 Å². The topological polar surface area (TPSA) is 75.3 Å². The summed E-state index contributed by atoms with van der Waals surface area (Å²) in [6.07, 6.45) is 0. The number of guanidine groups is 1. The third kappa shape index (κ3) is 5.41. The summed E-state index contributed by atoms with van der Waals surface area (Å²) in [6, 6.07) is 21.0. The zero-order valence-corrected chi connectivity index (χ0v) is 15.7. The maximum Gasteiger partial charge on any atom is 0.248 e. The molecule has 0 atom stereocenters. The van der Waals surface area contributed by atoms with Gasteiger partial charge in [-0.05, 0) is 25.0 Å². The normalized spacial score (nSPS) is 11.6. The van der Waals surface area contributed by atoms with E-state index in [0.29, 0.717) is 18.3 Å². The highest BCUT2D eigenvalue weighted by atomic mass is 16.5. The quantitative estimate of drug-likeness (QED) is 0.498. The highest BCUT2D eigenvalue weighted by Crippen LogP contribution is 2.23. The van der Waals surface area contributed by atoms with Gasteiger partial charge in [-0.1, -0.05) is 65.8 Å². The molecule has 0 radical (unpaired) electrons. The molecule has 0 fully saturated rings. The van der Waals surface area contributed by atoms with Crippen molar-refractivity contribution in [1.29, 1.82) is 0 Å². The van der Waals surface area contributed by atoms with Crippen LogP contribution in [-0.4, -0.2) is 29.2 Å². The van der Waals surface area contributed by atoms with Gasteiger partial charge in [0.15, 0.2) is 11.8 Å². The lowest BCUT2D eigenvalue weighted by Gasteiger charge is -2.20. The number of aliphatic imine (C=N–C) groups is 1. The van der Waals surface area contributed by atoms with Crippen LogP contribution in [0, 0.1) is 6.92 Å². The number of nitrogens with one attached hydrogen (secondary N) is 2. The molecule has 27 heavy (non-hydrogen) atoms. The maximum atomic E-state index is 5.13. The fourth-order valence-electron chi connectivity index (χ4n) is 2.89. The second-order valence-electron chi connectivity index (χ2n) is 6.19. The summed E-state index contributed by atoms with van der Waals surface area (Å²) < 4.78 is 5.13. The summed E-state index contributed by atoms with van der Waals surface area (Å²) in [6.45, 7) is 5.68.